The summed E-state index contributed by atoms with van der Waals surface area (Å²) in [4.78, 5) is 23.6. The molecule has 1 aliphatic rings. The standard InChI is InChI=1S/C13H17NO4S/c1-18-10-5-6-19-11(10)12(15)14-9-4-2-3-8(7-9)13(16)17/h5-6,8-9H,2-4,7H2,1H3,(H,14,15)(H,16,17). The fourth-order valence-corrected chi connectivity index (χ4v) is 3.18. The van der Waals surface area contributed by atoms with Crippen LogP contribution in [0.1, 0.15) is 35.4 Å². The molecule has 1 saturated carbocycles. The molecule has 2 N–H and O–H groups in total. The van der Waals surface area contributed by atoms with Gasteiger partial charge in [0, 0.05) is 6.04 Å². The summed E-state index contributed by atoms with van der Waals surface area (Å²) in [5.74, 6) is -0.729. The maximum absolute atomic E-state index is 12.1. The highest BCUT2D eigenvalue weighted by atomic mass is 32.1. The number of carboxylic acid groups (broad SMARTS) is 1. The second-order valence-electron chi connectivity index (χ2n) is 4.69. The summed E-state index contributed by atoms with van der Waals surface area (Å²) in [5.41, 5.74) is 0. The van der Waals surface area contributed by atoms with Crippen molar-refractivity contribution in [3.8, 4) is 5.75 Å². The Morgan fingerprint density at radius 1 is 1.47 bits per heavy atom. The average molecular weight is 283 g/mol. The van der Waals surface area contributed by atoms with Gasteiger partial charge in [0.25, 0.3) is 5.91 Å². The number of carbonyl (C=O) groups is 2. The third-order valence-corrected chi connectivity index (χ3v) is 4.31. The van der Waals surface area contributed by atoms with Crippen molar-refractivity contribution in [2.24, 2.45) is 5.92 Å². The Morgan fingerprint density at radius 3 is 2.95 bits per heavy atom. The van der Waals surface area contributed by atoms with Gasteiger partial charge in [0.15, 0.2) is 0 Å². The Hall–Kier alpha value is -1.56. The molecule has 1 heterocycles. The number of amides is 1. The maximum Gasteiger partial charge on any atom is 0.306 e. The first-order valence-electron chi connectivity index (χ1n) is 6.27. The monoisotopic (exact) mass is 283 g/mol. The lowest BCUT2D eigenvalue weighted by Crippen LogP contribution is -2.39. The van der Waals surface area contributed by atoms with E-state index < -0.39 is 5.97 Å². The van der Waals surface area contributed by atoms with Crippen LogP contribution < -0.4 is 10.1 Å². The van der Waals surface area contributed by atoms with Crippen LogP contribution in [0.5, 0.6) is 5.75 Å². The van der Waals surface area contributed by atoms with E-state index in [9.17, 15) is 9.59 Å². The van der Waals surface area contributed by atoms with Crippen LogP contribution in [0.4, 0.5) is 0 Å². The zero-order chi connectivity index (χ0) is 13.8. The van der Waals surface area contributed by atoms with Crippen molar-refractivity contribution in [2.75, 3.05) is 7.11 Å². The van der Waals surface area contributed by atoms with Crippen LogP contribution in [0.3, 0.4) is 0 Å². The summed E-state index contributed by atoms with van der Waals surface area (Å²) in [6.07, 6.45) is 2.88. The van der Waals surface area contributed by atoms with E-state index in [1.807, 2.05) is 0 Å². The molecule has 2 unspecified atom stereocenters. The molecule has 1 aromatic heterocycles. The highest BCUT2D eigenvalue weighted by Crippen LogP contribution is 2.27. The molecule has 0 aliphatic heterocycles. The normalized spacial score (nSPS) is 22.8. The van der Waals surface area contributed by atoms with E-state index >= 15 is 0 Å². The quantitative estimate of drug-likeness (QED) is 0.887. The minimum atomic E-state index is -0.771. The Kier molecular flexibility index (Phi) is 4.42. The second kappa shape index (κ2) is 6.06. The van der Waals surface area contributed by atoms with Gasteiger partial charge in [-0.1, -0.05) is 6.42 Å². The Bertz CT molecular complexity index is 471. The van der Waals surface area contributed by atoms with Gasteiger partial charge < -0.3 is 15.2 Å². The molecule has 0 spiro atoms. The van der Waals surface area contributed by atoms with E-state index in [0.717, 1.165) is 12.8 Å². The van der Waals surface area contributed by atoms with Crippen molar-refractivity contribution in [1.29, 1.82) is 0 Å². The largest absolute Gasteiger partial charge is 0.495 e. The Labute approximate surface area is 115 Å². The number of thiophene rings is 1. The molecule has 0 aromatic carbocycles. The molecule has 2 rings (SSSR count). The zero-order valence-corrected chi connectivity index (χ0v) is 11.5. The van der Waals surface area contributed by atoms with E-state index in [4.69, 9.17) is 9.84 Å². The molecule has 0 saturated heterocycles. The molecule has 1 aromatic rings. The molecule has 2 atom stereocenters. The van der Waals surface area contributed by atoms with E-state index in [1.54, 1.807) is 11.4 Å². The van der Waals surface area contributed by atoms with E-state index in [2.05, 4.69) is 5.32 Å². The van der Waals surface area contributed by atoms with Crippen LogP contribution in [0.15, 0.2) is 11.4 Å². The van der Waals surface area contributed by atoms with Crippen LogP contribution in [-0.4, -0.2) is 30.1 Å². The fraction of sp³-hybridized carbons (Fsp3) is 0.538. The lowest BCUT2D eigenvalue weighted by atomic mass is 9.86. The van der Waals surface area contributed by atoms with Gasteiger partial charge in [0.05, 0.1) is 13.0 Å². The first-order chi connectivity index (χ1) is 9.11. The highest BCUT2D eigenvalue weighted by molar-refractivity contribution is 7.12. The van der Waals surface area contributed by atoms with Gasteiger partial charge in [-0.2, -0.15) is 0 Å². The van der Waals surface area contributed by atoms with Crippen LogP contribution in [0.25, 0.3) is 0 Å². The minimum absolute atomic E-state index is 0.0610. The predicted octanol–water partition coefficient (Wildman–Crippen LogP) is 2.13. The molecule has 1 aliphatic carbocycles. The second-order valence-corrected chi connectivity index (χ2v) is 5.61. The zero-order valence-electron chi connectivity index (χ0n) is 10.7. The summed E-state index contributed by atoms with van der Waals surface area (Å²) in [6.45, 7) is 0. The van der Waals surface area contributed by atoms with E-state index in [1.165, 1.54) is 18.4 Å². The third kappa shape index (κ3) is 3.26. The molecule has 1 amide bonds. The first kappa shape index (κ1) is 13.9. The summed E-state index contributed by atoms with van der Waals surface area (Å²) in [6, 6.07) is 1.69. The fourth-order valence-electron chi connectivity index (χ4n) is 2.42. The molecule has 5 nitrogen and oxygen atoms in total. The van der Waals surface area contributed by atoms with E-state index in [0.29, 0.717) is 23.5 Å². The summed E-state index contributed by atoms with van der Waals surface area (Å²) in [5, 5.41) is 13.7. The van der Waals surface area contributed by atoms with Gasteiger partial charge in [-0.15, -0.1) is 11.3 Å². The SMILES string of the molecule is COc1ccsc1C(=O)NC1CCCC(C(=O)O)C1. The number of hydrogen-bond acceptors (Lipinski definition) is 4. The number of aliphatic carboxylic acids is 1. The molecular formula is C13H17NO4S. The van der Waals surface area contributed by atoms with Crippen molar-refractivity contribution in [3.63, 3.8) is 0 Å². The van der Waals surface area contributed by atoms with Gasteiger partial charge in [-0.25, -0.2) is 0 Å². The number of hydrogen-bond donors (Lipinski definition) is 2. The Morgan fingerprint density at radius 2 is 2.26 bits per heavy atom. The van der Waals surface area contributed by atoms with Gasteiger partial charge in [0.1, 0.15) is 10.6 Å². The molecule has 0 bridgehead atoms. The predicted molar refractivity (Wildman–Crippen MR) is 71.7 cm³/mol. The summed E-state index contributed by atoms with van der Waals surface area (Å²) in [7, 11) is 1.53. The van der Waals surface area contributed by atoms with Gasteiger partial charge in [-0.3, -0.25) is 9.59 Å². The molecule has 1 fully saturated rings. The summed E-state index contributed by atoms with van der Waals surface area (Å²) >= 11 is 1.32. The molecule has 0 radical (unpaired) electrons. The first-order valence-corrected chi connectivity index (χ1v) is 7.15. The molecule has 6 heteroatoms. The molecule has 104 valence electrons. The van der Waals surface area contributed by atoms with Crippen LogP contribution >= 0.6 is 11.3 Å². The molecule has 19 heavy (non-hydrogen) atoms. The van der Waals surface area contributed by atoms with Gasteiger partial charge in [-0.05, 0) is 30.7 Å². The lowest BCUT2D eigenvalue weighted by Gasteiger charge is -2.27. The average Bonchev–Trinajstić information content (AvgIpc) is 2.87. The van der Waals surface area contributed by atoms with E-state index in [-0.39, 0.29) is 17.9 Å². The number of rotatable bonds is 4. The van der Waals surface area contributed by atoms with Crippen LogP contribution in [0.2, 0.25) is 0 Å². The smallest absolute Gasteiger partial charge is 0.306 e. The van der Waals surface area contributed by atoms with Crippen molar-refractivity contribution >= 4 is 23.2 Å². The maximum atomic E-state index is 12.1. The van der Waals surface area contributed by atoms with Crippen molar-refractivity contribution in [2.45, 2.75) is 31.7 Å². The van der Waals surface area contributed by atoms with Crippen molar-refractivity contribution in [3.05, 3.63) is 16.3 Å². The number of methoxy groups -OCH3 is 1. The van der Waals surface area contributed by atoms with Crippen LogP contribution in [0, 0.1) is 5.92 Å². The van der Waals surface area contributed by atoms with Crippen LogP contribution in [-0.2, 0) is 4.79 Å². The summed E-state index contributed by atoms with van der Waals surface area (Å²) < 4.78 is 5.11. The Balaban J connectivity index is 1.97. The van der Waals surface area contributed by atoms with Gasteiger partial charge in [0.2, 0.25) is 0 Å². The highest BCUT2D eigenvalue weighted by Gasteiger charge is 2.28. The number of carboxylic acids is 1. The lowest BCUT2D eigenvalue weighted by molar-refractivity contribution is -0.143. The molecular weight excluding hydrogens is 266 g/mol. The van der Waals surface area contributed by atoms with Crippen molar-refractivity contribution in [1.82, 2.24) is 5.32 Å². The minimum Gasteiger partial charge on any atom is -0.495 e. The topological polar surface area (TPSA) is 75.6 Å². The number of nitrogens with one attached hydrogen (secondary N) is 1. The number of ether oxygens (including phenoxy) is 1. The number of carbonyl (C=O) groups excluding carboxylic acids is 1. The van der Waals surface area contributed by atoms with Gasteiger partial charge >= 0.3 is 5.97 Å². The third-order valence-electron chi connectivity index (χ3n) is 3.41. The van der Waals surface area contributed by atoms with Crippen molar-refractivity contribution < 1.29 is 19.4 Å².